The van der Waals surface area contributed by atoms with Crippen LogP contribution in [0.4, 0.5) is 5.69 Å². The number of nitrogens with one attached hydrogen (secondary N) is 1. The second-order valence-electron chi connectivity index (χ2n) is 6.42. The van der Waals surface area contributed by atoms with Gasteiger partial charge in [0, 0.05) is 18.3 Å². The first-order valence-corrected chi connectivity index (χ1v) is 10.4. The van der Waals surface area contributed by atoms with Gasteiger partial charge in [0.25, 0.3) is 0 Å². The van der Waals surface area contributed by atoms with Gasteiger partial charge in [-0.05, 0) is 43.0 Å². The summed E-state index contributed by atoms with van der Waals surface area (Å²) in [4.78, 5) is 4.30. The Labute approximate surface area is 154 Å². The minimum Gasteiger partial charge on any atom is -0.457 e. The average molecular weight is 373 g/mol. The van der Waals surface area contributed by atoms with Gasteiger partial charge in [-0.1, -0.05) is 24.3 Å². The van der Waals surface area contributed by atoms with Crippen molar-refractivity contribution in [3.8, 4) is 11.5 Å². The fourth-order valence-corrected chi connectivity index (χ4v) is 4.70. The summed E-state index contributed by atoms with van der Waals surface area (Å²) in [5.41, 5.74) is 6.70. The molecule has 3 N–H and O–H groups in total. The van der Waals surface area contributed by atoms with Crippen LogP contribution in [0, 0.1) is 5.92 Å². The molecule has 0 saturated carbocycles. The molecule has 0 aromatic heterocycles. The van der Waals surface area contributed by atoms with Crippen molar-refractivity contribution in [2.75, 3.05) is 23.4 Å². The minimum absolute atomic E-state index is 0.0434. The summed E-state index contributed by atoms with van der Waals surface area (Å²) < 4.78 is 29.1. The van der Waals surface area contributed by atoms with E-state index in [0.29, 0.717) is 18.7 Å². The number of hydrogen-bond acceptors (Lipinski definition) is 4. The fourth-order valence-electron chi connectivity index (χ4n) is 2.94. The molecule has 1 aliphatic rings. The van der Waals surface area contributed by atoms with E-state index in [2.05, 4.69) is 10.3 Å². The highest BCUT2D eigenvalue weighted by atomic mass is 32.2. The van der Waals surface area contributed by atoms with Gasteiger partial charge < -0.3 is 15.8 Å². The molecule has 7 heteroatoms. The maximum Gasteiger partial charge on any atom is 0.193 e. The summed E-state index contributed by atoms with van der Waals surface area (Å²) in [6, 6.07) is 16.9. The number of hydrogen-bond donors (Lipinski definition) is 2. The van der Waals surface area contributed by atoms with Gasteiger partial charge in [0.1, 0.15) is 11.5 Å². The standard InChI is InChI=1S/C19H23N3O3S/c20-19(21-13-15-6-5-11-26(23,24)14-15)22-16-7-4-10-18(12-16)25-17-8-2-1-3-9-17/h1-4,7-10,12,15H,5-6,11,13-14H2,(H3,20,21,22). The first-order valence-electron chi connectivity index (χ1n) is 8.60. The van der Waals surface area contributed by atoms with Crippen LogP contribution >= 0.6 is 0 Å². The second kappa shape index (κ2) is 8.23. The molecule has 0 amide bonds. The van der Waals surface area contributed by atoms with Gasteiger partial charge in [-0.3, -0.25) is 4.99 Å². The number of ether oxygens (including phenoxy) is 1. The van der Waals surface area contributed by atoms with E-state index in [0.717, 1.165) is 17.9 Å². The fraction of sp³-hybridized carbons (Fsp3) is 0.316. The van der Waals surface area contributed by atoms with Crippen LogP contribution in [0.3, 0.4) is 0 Å². The highest BCUT2D eigenvalue weighted by Crippen LogP contribution is 2.24. The number of guanidine groups is 1. The summed E-state index contributed by atoms with van der Waals surface area (Å²) in [7, 11) is -2.92. The topological polar surface area (TPSA) is 93.8 Å². The Morgan fingerprint density at radius 2 is 1.92 bits per heavy atom. The summed E-state index contributed by atoms with van der Waals surface area (Å²) in [5, 5.41) is 3.03. The Morgan fingerprint density at radius 1 is 1.15 bits per heavy atom. The summed E-state index contributed by atoms with van der Waals surface area (Å²) in [6.45, 7) is 0.415. The van der Waals surface area contributed by atoms with Crippen molar-refractivity contribution in [3.63, 3.8) is 0 Å². The molecule has 2 aromatic carbocycles. The van der Waals surface area contributed by atoms with Crippen molar-refractivity contribution in [2.24, 2.45) is 16.6 Å². The zero-order valence-corrected chi connectivity index (χ0v) is 15.3. The normalized spacial score (nSPS) is 19.7. The molecule has 26 heavy (non-hydrogen) atoms. The van der Waals surface area contributed by atoms with Gasteiger partial charge in [0.2, 0.25) is 0 Å². The smallest absolute Gasteiger partial charge is 0.193 e. The lowest BCUT2D eigenvalue weighted by Crippen LogP contribution is -2.29. The van der Waals surface area contributed by atoms with Crippen molar-refractivity contribution in [3.05, 3.63) is 54.6 Å². The Morgan fingerprint density at radius 3 is 2.69 bits per heavy atom. The van der Waals surface area contributed by atoms with Crippen molar-refractivity contribution in [2.45, 2.75) is 12.8 Å². The van der Waals surface area contributed by atoms with Crippen LogP contribution in [0.5, 0.6) is 11.5 Å². The van der Waals surface area contributed by atoms with Crippen molar-refractivity contribution in [1.82, 2.24) is 0 Å². The number of sulfone groups is 1. The van der Waals surface area contributed by atoms with Crippen LogP contribution in [0.1, 0.15) is 12.8 Å². The first kappa shape index (κ1) is 18.3. The number of nitrogens with two attached hydrogens (primary N) is 1. The average Bonchev–Trinajstić information content (AvgIpc) is 2.60. The SMILES string of the molecule is NC(=NCC1CCCS(=O)(=O)C1)Nc1cccc(Oc2ccccc2)c1. The van der Waals surface area contributed by atoms with E-state index in [-0.39, 0.29) is 23.4 Å². The van der Waals surface area contributed by atoms with Crippen molar-refractivity contribution >= 4 is 21.5 Å². The van der Waals surface area contributed by atoms with Crippen LogP contribution in [0.25, 0.3) is 0 Å². The molecule has 138 valence electrons. The van der Waals surface area contributed by atoms with Gasteiger partial charge in [-0.15, -0.1) is 0 Å². The molecule has 6 nitrogen and oxygen atoms in total. The van der Waals surface area contributed by atoms with Crippen molar-refractivity contribution < 1.29 is 13.2 Å². The van der Waals surface area contributed by atoms with Crippen LogP contribution in [0.15, 0.2) is 59.6 Å². The van der Waals surface area contributed by atoms with Gasteiger partial charge in [-0.25, -0.2) is 8.42 Å². The minimum atomic E-state index is -2.92. The summed E-state index contributed by atoms with van der Waals surface area (Å²) in [5.74, 6) is 2.24. The lowest BCUT2D eigenvalue weighted by atomic mass is 10.1. The first-order chi connectivity index (χ1) is 12.5. The maximum atomic E-state index is 11.7. The summed E-state index contributed by atoms with van der Waals surface area (Å²) in [6.07, 6.45) is 1.57. The van der Waals surface area contributed by atoms with Gasteiger partial charge in [0.15, 0.2) is 15.8 Å². The number of aliphatic imine (C=N–C) groups is 1. The molecule has 0 bridgehead atoms. The highest BCUT2D eigenvalue weighted by Gasteiger charge is 2.24. The lowest BCUT2D eigenvalue weighted by Gasteiger charge is -2.20. The molecule has 0 aliphatic carbocycles. The van der Waals surface area contributed by atoms with E-state index in [1.807, 2.05) is 54.6 Å². The van der Waals surface area contributed by atoms with Crippen LogP contribution < -0.4 is 15.8 Å². The second-order valence-corrected chi connectivity index (χ2v) is 8.65. The predicted molar refractivity (Wildman–Crippen MR) is 104 cm³/mol. The zero-order valence-electron chi connectivity index (χ0n) is 14.5. The number of anilines is 1. The molecule has 1 heterocycles. The third-order valence-electron chi connectivity index (χ3n) is 4.16. The van der Waals surface area contributed by atoms with E-state index in [1.54, 1.807) is 0 Å². The van der Waals surface area contributed by atoms with E-state index < -0.39 is 9.84 Å². The molecule has 3 rings (SSSR count). The molecular weight excluding hydrogens is 350 g/mol. The third-order valence-corrected chi connectivity index (χ3v) is 6.05. The van der Waals surface area contributed by atoms with Crippen LogP contribution in [-0.4, -0.2) is 32.4 Å². The van der Waals surface area contributed by atoms with E-state index in [4.69, 9.17) is 10.5 Å². The number of para-hydroxylation sites is 1. The molecule has 1 aliphatic heterocycles. The highest BCUT2D eigenvalue weighted by molar-refractivity contribution is 7.91. The molecule has 1 atom stereocenters. The summed E-state index contributed by atoms with van der Waals surface area (Å²) >= 11 is 0. The van der Waals surface area contributed by atoms with Gasteiger partial charge >= 0.3 is 0 Å². The molecule has 0 spiro atoms. The van der Waals surface area contributed by atoms with Crippen LogP contribution in [0.2, 0.25) is 0 Å². The zero-order chi connectivity index (χ0) is 18.4. The molecule has 1 unspecified atom stereocenters. The largest absolute Gasteiger partial charge is 0.457 e. The Balaban J connectivity index is 1.58. The third kappa shape index (κ3) is 5.49. The van der Waals surface area contributed by atoms with Gasteiger partial charge in [-0.2, -0.15) is 0 Å². The quantitative estimate of drug-likeness (QED) is 0.621. The number of rotatable bonds is 5. The number of benzene rings is 2. The van der Waals surface area contributed by atoms with E-state index in [1.165, 1.54) is 0 Å². The molecule has 2 aromatic rings. The molecule has 1 saturated heterocycles. The maximum absolute atomic E-state index is 11.7. The Kier molecular flexibility index (Phi) is 5.78. The lowest BCUT2D eigenvalue weighted by molar-refractivity contribution is 0.483. The molecule has 0 radical (unpaired) electrons. The Bertz CT molecular complexity index is 867. The van der Waals surface area contributed by atoms with Crippen molar-refractivity contribution in [1.29, 1.82) is 0 Å². The van der Waals surface area contributed by atoms with E-state index in [9.17, 15) is 8.42 Å². The van der Waals surface area contributed by atoms with Gasteiger partial charge in [0.05, 0.1) is 11.5 Å². The monoisotopic (exact) mass is 373 g/mol. The van der Waals surface area contributed by atoms with E-state index >= 15 is 0 Å². The molecular formula is C19H23N3O3S. The number of nitrogens with zero attached hydrogens (tertiary/aromatic N) is 1. The van der Waals surface area contributed by atoms with Crippen LogP contribution in [-0.2, 0) is 9.84 Å². The predicted octanol–water partition coefficient (Wildman–Crippen LogP) is 3.03. The Hall–Kier alpha value is -2.54. The molecule has 1 fully saturated rings.